The van der Waals surface area contributed by atoms with Gasteiger partial charge in [-0.3, -0.25) is 0 Å². The quantitative estimate of drug-likeness (QED) is 0.127. The number of rotatable bonds is 5. The van der Waals surface area contributed by atoms with E-state index in [0.717, 1.165) is 31.2 Å². The number of hydrogen-bond acceptors (Lipinski definition) is 5. The summed E-state index contributed by atoms with van der Waals surface area (Å²) < 4.78 is 9.53. The zero-order chi connectivity index (χ0) is 23.5. The molecule has 0 aliphatic rings. The number of aromatic nitrogens is 1. The lowest BCUT2D eigenvalue weighted by molar-refractivity contribution is 0.562. The van der Waals surface area contributed by atoms with E-state index in [1.807, 2.05) is 82.7 Å². The predicted molar refractivity (Wildman–Crippen MR) is 144 cm³/mol. The summed E-state index contributed by atoms with van der Waals surface area (Å²) in [5.74, 6) is 0. The van der Waals surface area contributed by atoms with Crippen molar-refractivity contribution in [2.45, 2.75) is 6.54 Å². The first-order valence-electron chi connectivity index (χ1n) is 10.4. The molecular weight excluding hydrogens is 578 g/mol. The Morgan fingerprint density at radius 3 is 2.50 bits per heavy atom. The van der Waals surface area contributed by atoms with Gasteiger partial charge in [-0.15, -0.1) is 16.4 Å². The van der Waals surface area contributed by atoms with Gasteiger partial charge in [0.1, 0.15) is 5.58 Å². The molecule has 0 saturated carbocycles. The maximum atomic E-state index is 12.9. The molecule has 5 aromatic rings. The topological polar surface area (TPSA) is 59.9 Å². The Bertz CT molecular complexity index is 1620. The third-order valence-corrected chi connectivity index (χ3v) is 7.05. The minimum absolute atomic E-state index is 0.389. The zero-order valence-electron chi connectivity index (χ0n) is 17.7. The van der Waals surface area contributed by atoms with Gasteiger partial charge in [0.05, 0.1) is 24.0 Å². The number of benzene rings is 3. The fourth-order valence-electron chi connectivity index (χ4n) is 3.51. The Kier molecular flexibility index (Phi) is 6.71. The molecule has 34 heavy (non-hydrogen) atoms. The van der Waals surface area contributed by atoms with Crippen molar-refractivity contribution in [2.75, 3.05) is 0 Å². The molecular formula is C26H17Br2N3O2S. The van der Waals surface area contributed by atoms with Gasteiger partial charge in [0.2, 0.25) is 4.80 Å². The number of halogens is 2. The van der Waals surface area contributed by atoms with Crippen LogP contribution < -0.4 is 10.4 Å². The van der Waals surface area contributed by atoms with Gasteiger partial charge in [0.25, 0.3) is 0 Å². The van der Waals surface area contributed by atoms with Crippen LogP contribution in [0.2, 0.25) is 0 Å². The Balaban J connectivity index is 1.62. The molecule has 0 fully saturated rings. The number of hydrogen-bond donors (Lipinski definition) is 0. The van der Waals surface area contributed by atoms with Crippen molar-refractivity contribution in [1.82, 2.24) is 4.57 Å². The summed E-state index contributed by atoms with van der Waals surface area (Å²) in [5.41, 5.74) is 3.41. The fourth-order valence-corrected chi connectivity index (χ4v) is 5.01. The van der Waals surface area contributed by atoms with E-state index in [4.69, 9.17) is 4.42 Å². The molecule has 0 bridgehead atoms. The largest absolute Gasteiger partial charge is 0.422 e. The fraction of sp³-hybridized carbons (Fsp3) is 0.0385. The second-order valence-corrected chi connectivity index (χ2v) is 10.2. The highest BCUT2D eigenvalue weighted by molar-refractivity contribution is 9.10. The number of fused-ring (bicyclic) bond motifs is 1. The van der Waals surface area contributed by atoms with Crippen LogP contribution in [0.3, 0.4) is 0 Å². The maximum Gasteiger partial charge on any atom is 0.345 e. The molecule has 0 amide bonds. The Labute approximate surface area is 216 Å². The molecule has 0 N–H and O–H groups in total. The van der Waals surface area contributed by atoms with Gasteiger partial charge in [0, 0.05) is 19.7 Å². The van der Waals surface area contributed by atoms with Crippen LogP contribution in [0.15, 0.2) is 113 Å². The standard InChI is InChI=1S/C26H17Br2N3O2S/c27-20-8-6-17(7-9-20)14-29-30-26-31(15-18-4-2-1-3-5-18)23(16-34-26)22-13-19-12-21(28)10-11-24(19)33-25(22)32/h1-14,16H,15H2/b29-14+,30-26-. The van der Waals surface area contributed by atoms with Crippen LogP contribution in [0.5, 0.6) is 0 Å². The SMILES string of the molecule is O=c1oc2ccc(Br)cc2cc1-c1cs/c(=N\N=C\c2ccc(Br)cc2)n1Cc1ccccc1. The summed E-state index contributed by atoms with van der Waals surface area (Å²) >= 11 is 8.36. The summed E-state index contributed by atoms with van der Waals surface area (Å²) in [6.45, 7) is 0.544. The molecule has 2 heterocycles. The molecule has 3 aromatic carbocycles. The third-order valence-electron chi connectivity index (χ3n) is 5.17. The molecule has 0 radical (unpaired) electrons. The molecule has 0 aliphatic heterocycles. The van der Waals surface area contributed by atoms with Gasteiger partial charge in [-0.25, -0.2) is 4.79 Å². The lowest BCUT2D eigenvalue weighted by atomic mass is 10.1. The van der Waals surface area contributed by atoms with Crippen molar-refractivity contribution in [3.63, 3.8) is 0 Å². The van der Waals surface area contributed by atoms with Crippen molar-refractivity contribution in [2.24, 2.45) is 10.2 Å². The zero-order valence-corrected chi connectivity index (χ0v) is 21.7. The van der Waals surface area contributed by atoms with Crippen molar-refractivity contribution < 1.29 is 4.42 Å². The van der Waals surface area contributed by atoms with Crippen LogP contribution >= 0.6 is 43.2 Å². The van der Waals surface area contributed by atoms with Crippen molar-refractivity contribution in [3.05, 3.63) is 120 Å². The normalized spacial score (nSPS) is 12.1. The van der Waals surface area contributed by atoms with Crippen LogP contribution in [0.1, 0.15) is 11.1 Å². The van der Waals surface area contributed by atoms with E-state index in [1.165, 1.54) is 11.3 Å². The van der Waals surface area contributed by atoms with E-state index < -0.39 is 0 Å². The van der Waals surface area contributed by atoms with Crippen LogP contribution in [0.25, 0.3) is 22.2 Å². The second kappa shape index (κ2) is 10.0. The third kappa shape index (κ3) is 5.04. The van der Waals surface area contributed by atoms with Crippen LogP contribution in [0, 0.1) is 0 Å². The summed E-state index contributed by atoms with van der Waals surface area (Å²) in [6, 6.07) is 25.3. The van der Waals surface area contributed by atoms with Crippen molar-refractivity contribution >= 4 is 60.4 Å². The average molecular weight is 595 g/mol. The van der Waals surface area contributed by atoms with Crippen LogP contribution in [0.4, 0.5) is 0 Å². The van der Waals surface area contributed by atoms with Gasteiger partial charge in [-0.05, 0) is 47.5 Å². The summed E-state index contributed by atoms with van der Waals surface area (Å²) in [5, 5.41) is 11.5. The number of nitrogens with zero attached hydrogens (tertiary/aromatic N) is 3. The molecule has 0 aliphatic carbocycles. The first-order valence-corrected chi connectivity index (χ1v) is 12.8. The Morgan fingerprint density at radius 2 is 1.71 bits per heavy atom. The molecule has 2 aromatic heterocycles. The average Bonchev–Trinajstić information content (AvgIpc) is 3.23. The van der Waals surface area contributed by atoms with Crippen LogP contribution in [-0.4, -0.2) is 10.8 Å². The van der Waals surface area contributed by atoms with E-state index in [2.05, 4.69) is 42.1 Å². The summed E-state index contributed by atoms with van der Waals surface area (Å²) in [4.78, 5) is 13.6. The van der Waals surface area contributed by atoms with Gasteiger partial charge >= 0.3 is 5.63 Å². The van der Waals surface area contributed by atoms with E-state index in [0.29, 0.717) is 22.5 Å². The summed E-state index contributed by atoms with van der Waals surface area (Å²) in [6.07, 6.45) is 1.71. The Morgan fingerprint density at radius 1 is 0.941 bits per heavy atom. The molecule has 5 rings (SSSR count). The lowest BCUT2D eigenvalue weighted by Crippen LogP contribution is -2.18. The van der Waals surface area contributed by atoms with Gasteiger partial charge in [-0.1, -0.05) is 74.3 Å². The first-order chi connectivity index (χ1) is 16.6. The van der Waals surface area contributed by atoms with Crippen molar-refractivity contribution in [1.29, 1.82) is 0 Å². The molecule has 0 saturated heterocycles. The van der Waals surface area contributed by atoms with Gasteiger partial charge < -0.3 is 8.98 Å². The second-order valence-electron chi connectivity index (χ2n) is 7.50. The van der Waals surface area contributed by atoms with E-state index >= 15 is 0 Å². The maximum absolute atomic E-state index is 12.9. The van der Waals surface area contributed by atoms with E-state index in [9.17, 15) is 4.79 Å². The first kappa shape index (κ1) is 22.7. The van der Waals surface area contributed by atoms with Crippen molar-refractivity contribution in [3.8, 4) is 11.3 Å². The Hall–Kier alpha value is -3.07. The lowest BCUT2D eigenvalue weighted by Gasteiger charge is -2.09. The van der Waals surface area contributed by atoms with Gasteiger partial charge in [0.15, 0.2) is 0 Å². The smallest absolute Gasteiger partial charge is 0.345 e. The number of thiazole rings is 1. The molecule has 168 valence electrons. The minimum Gasteiger partial charge on any atom is -0.422 e. The summed E-state index contributed by atoms with van der Waals surface area (Å²) in [7, 11) is 0. The van der Waals surface area contributed by atoms with E-state index in [-0.39, 0.29) is 5.63 Å². The van der Waals surface area contributed by atoms with E-state index in [1.54, 1.807) is 12.3 Å². The predicted octanol–water partition coefficient (Wildman–Crippen LogP) is 6.83. The minimum atomic E-state index is -0.389. The highest BCUT2D eigenvalue weighted by atomic mass is 79.9. The molecule has 0 unspecified atom stereocenters. The van der Waals surface area contributed by atoms with Crippen LogP contribution in [-0.2, 0) is 6.54 Å². The highest BCUT2D eigenvalue weighted by Gasteiger charge is 2.15. The van der Waals surface area contributed by atoms with Gasteiger partial charge in [-0.2, -0.15) is 5.10 Å². The molecule has 0 spiro atoms. The molecule has 8 heteroatoms. The molecule has 0 atom stereocenters. The highest BCUT2D eigenvalue weighted by Crippen LogP contribution is 2.25. The molecule has 5 nitrogen and oxygen atoms in total. The monoisotopic (exact) mass is 593 g/mol.